The van der Waals surface area contributed by atoms with Crippen LogP contribution in [0.15, 0.2) is 53.3 Å². The molecule has 1 fully saturated rings. The van der Waals surface area contributed by atoms with Crippen LogP contribution in [0.2, 0.25) is 0 Å². The minimum atomic E-state index is 0.308. The summed E-state index contributed by atoms with van der Waals surface area (Å²) in [5.41, 5.74) is 3.64. The van der Waals surface area contributed by atoms with Gasteiger partial charge in [0.2, 0.25) is 11.7 Å². The second-order valence-corrected chi connectivity index (χ2v) is 7.31. The van der Waals surface area contributed by atoms with E-state index < -0.39 is 0 Å². The normalized spacial score (nSPS) is 17.9. The summed E-state index contributed by atoms with van der Waals surface area (Å²) in [6, 6.07) is 12.8. The van der Waals surface area contributed by atoms with Crippen LogP contribution in [0, 0.1) is 0 Å². The Bertz CT molecular complexity index is 842. The highest BCUT2D eigenvalue weighted by Gasteiger charge is 2.28. The molecule has 0 aliphatic carbocycles. The van der Waals surface area contributed by atoms with Crippen LogP contribution in [0.1, 0.15) is 49.1 Å². The summed E-state index contributed by atoms with van der Waals surface area (Å²) >= 11 is 0. The summed E-state index contributed by atoms with van der Waals surface area (Å²) in [6.07, 6.45) is 4.56. The van der Waals surface area contributed by atoms with Crippen molar-refractivity contribution in [3.05, 3.63) is 65.8 Å². The molecule has 5 heteroatoms. The van der Waals surface area contributed by atoms with Gasteiger partial charge in [0.15, 0.2) is 0 Å². The molecule has 0 spiro atoms. The molecular formula is C21H24N4O. The highest BCUT2D eigenvalue weighted by atomic mass is 16.5. The summed E-state index contributed by atoms with van der Waals surface area (Å²) in [5.74, 6) is 2.24. The van der Waals surface area contributed by atoms with Gasteiger partial charge in [0.1, 0.15) is 0 Å². The molecule has 0 amide bonds. The number of nitrogens with zero attached hydrogens (tertiary/aromatic N) is 4. The molecule has 0 unspecified atom stereocenters. The van der Waals surface area contributed by atoms with Crippen molar-refractivity contribution in [1.82, 2.24) is 20.0 Å². The highest BCUT2D eigenvalue weighted by molar-refractivity contribution is 5.51. The lowest BCUT2D eigenvalue weighted by Gasteiger charge is -2.16. The van der Waals surface area contributed by atoms with Gasteiger partial charge in [-0.1, -0.05) is 43.3 Å². The summed E-state index contributed by atoms with van der Waals surface area (Å²) in [5, 5.41) is 4.12. The van der Waals surface area contributed by atoms with E-state index in [-0.39, 0.29) is 0 Å². The van der Waals surface area contributed by atoms with Gasteiger partial charge in [-0.3, -0.25) is 9.88 Å². The van der Waals surface area contributed by atoms with Crippen LogP contribution in [-0.4, -0.2) is 33.1 Å². The largest absolute Gasteiger partial charge is 0.339 e. The second kappa shape index (κ2) is 7.38. The van der Waals surface area contributed by atoms with Crippen molar-refractivity contribution < 1.29 is 4.52 Å². The van der Waals surface area contributed by atoms with Crippen molar-refractivity contribution >= 4 is 0 Å². The maximum Gasteiger partial charge on any atom is 0.231 e. The maximum absolute atomic E-state index is 5.53. The van der Waals surface area contributed by atoms with Gasteiger partial charge in [0, 0.05) is 31.0 Å². The third-order valence-corrected chi connectivity index (χ3v) is 5.04. The molecule has 4 rings (SSSR count). The molecule has 0 radical (unpaired) electrons. The average molecular weight is 348 g/mol. The van der Waals surface area contributed by atoms with E-state index in [1.54, 1.807) is 12.4 Å². The third-order valence-electron chi connectivity index (χ3n) is 5.04. The second-order valence-electron chi connectivity index (χ2n) is 7.31. The molecule has 1 aliphatic heterocycles. The van der Waals surface area contributed by atoms with E-state index in [1.165, 1.54) is 11.1 Å². The van der Waals surface area contributed by atoms with Gasteiger partial charge >= 0.3 is 0 Å². The lowest BCUT2D eigenvalue weighted by molar-refractivity contribution is 0.309. The number of aromatic nitrogens is 3. The molecule has 0 N–H and O–H groups in total. The van der Waals surface area contributed by atoms with Gasteiger partial charge in [-0.2, -0.15) is 4.98 Å². The van der Waals surface area contributed by atoms with E-state index in [4.69, 9.17) is 4.52 Å². The van der Waals surface area contributed by atoms with Crippen molar-refractivity contribution in [2.75, 3.05) is 13.1 Å². The standard InChI is InChI=1S/C21H24N4O/c1-15(2)17-7-5-16(6-8-17)13-25-11-9-19(14-25)21-23-20(24-26-21)18-4-3-10-22-12-18/h3-8,10,12,15,19H,9,11,13-14H2,1-2H3/t19-/m0/s1. The summed E-state index contributed by atoms with van der Waals surface area (Å²) in [7, 11) is 0. The Hall–Kier alpha value is -2.53. The number of benzene rings is 1. The Labute approximate surface area is 154 Å². The number of pyridine rings is 1. The smallest absolute Gasteiger partial charge is 0.231 e. The lowest BCUT2D eigenvalue weighted by Crippen LogP contribution is -2.19. The van der Waals surface area contributed by atoms with E-state index in [1.807, 2.05) is 12.1 Å². The first-order chi connectivity index (χ1) is 12.7. The molecule has 26 heavy (non-hydrogen) atoms. The molecule has 3 aromatic rings. The maximum atomic E-state index is 5.53. The quantitative estimate of drug-likeness (QED) is 0.690. The Morgan fingerprint density at radius 1 is 1.19 bits per heavy atom. The minimum Gasteiger partial charge on any atom is -0.339 e. The van der Waals surface area contributed by atoms with Crippen LogP contribution < -0.4 is 0 Å². The molecule has 2 aromatic heterocycles. The van der Waals surface area contributed by atoms with Crippen LogP contribution in [0.5, 0.6) is 0 Å². The molecule has 134 valence electrons. The van der Waals surface area contributed by atoms with Gasteiger partial charge in [0.05, 0.1) is 5.92 Å². The van der Waals surface area contributed by atoms with E-state index in [0.717, 1.165) is 37.5 Å². The van der Waals surface area contributed by atoms with E-state index >= 15 is 0 Å². The zero-order valence-corrected chi connectivity index (χ0v) is 15.3. The summed E-state index contributed by atoms with van der Waals surface area (Å²) < 4.78 is 5.53. The molecule has 0 bridgehead atoms. The van der Waals surface area contributed by atoms with Gasteiger partial charge in [-0.15, -0.1) is 0 Å². The fourth-order valence-corrected chi connectivity index (χ4v) is 3.46. The first-order valence-electron chi connectivity index (χ1n) is 9.24. The molecule has 3 heterocycles. The predicted molar refractivity (Wildman–Crippen MR) is 101 cm³/mol. The zero-order chi connectivity index (χ0) is 17.9. The summed E-state index contributed by atoms with van der Waals surface area (Å²) in [4.78, 5) is 11.2. The third kappa shape index (κ3) is 3.68. The zero-order valence-electron chi connectivity index (χ0n) is 15.3. The molecule has 1 aromatic carbocycles. The van der Waals surface area contributed by atoms with Crippen LogP contribution in [-0.2, 0) is 6.54 Å². The van der Waals surface area contributed by atoms with Gasteiger partial charge in [0.25, 0.3) is 0 Å². The molecular weight excluding hydrogens is 324 g/mol. The van der Waals surface area contributed by atoms with Gasteiger partial charge in [-0.25, -0.2) is 0 Å². The van der Waals surface area contributed by atoms with E-state index in [2.05, 4.69) is 58.1 Å². The molecule has 1 aliphatic rings. The van der Waals surface area contributed by atoms with E-state index in [0.29, 0.717) is 17.7 Å². The van der Waals surface area contributed by atoms with Crippen molar-refractivity contribution in [1.29, 1.82) is 0 Å². The van der Waals surface area contributed by atoms with Crippen molar-refractivity contribution in [3.63, 3.8) is 0 Å². The molecule has 1 atom stereocenters. The molecule has 1 saturated heterocycles. The molecule has 0 saturated carbocycles. The van der Waals surface area contributed by atoms with Crippen LogP contribution >= 0.6 is 0 Å². The van der Waals surface area contributed by atoms with Gasteiger partial charge in [-0.05, 0) is 42.1 Å². The predicted octanol–water partition coefficient (Wildman–Crippen LogP) is 4.24. The van der Waals surface area contributed by atoms with Crippen LogP contribution in [0.25, 0.3) is 11.4 Å². The molecule has 5 nitrogen and oxygen atoms in total. The first kappa shape index (κ1) is 16.9. The fraction of sp³-hybridized carbons (Fsp3) is 0.381. The fourth-order valence-electron chi connectivity index (χ4n) is 3.46. The first-order valence-corrected chi connectivity index (χ1v) is 9.24. The Kier molecular flexibility index (Phi) is 4.80. The topological polar surface area (TPSA) is 55.1 Å². The van der Waals surface area contributed by atoms with Crippen molar-refractivity contribution in [2.45, 2.75) is 38.6 Å². The number of hydrogen-bond acceptors (Lipinski definition) is 5. The Morgan fingerprint density at radius 3 is 2.77 bits per heavy atom. The van der Waals surface area contributed by atoms with E-state index in [9.17, 15) is 0 Å². The average Bonchev–Trinajstić information content (AvgIpc) is 3.32. The SMILES string of the molecule is CC(C)c1ccc(CN2CC[C@H](c3nc(-c4cccnc4)no3)C2)cc1. The van der Waals surface area contributed by atoms with Crippen molar-refractivity contribution in [2.24, 2.45) is 0 Å². The van der Waals surface area contributed by atoms with Crippen LogP contribution in [0.4, 0.5) is 0 Å². The summed E-state index contributed by atoms with van der Waals surface area (Å²) in [6.45, 7) is 7.44. The lowest BCUT2D eigenvalue weighted by atomic mass is 10.0. The Morgan fingerprint density at radius 2 is 2.04 bits per heavy atom. The number of rotatable bonds is 5. The van der Waals surface area contributed by atoms with Crippen LogP contribution in [0.3, 0.4) is 0 Å². The monoisotopic (exact) mass is 348 g/mol. The minimum absolute atomic E-state index is 0.308. The number of likely N-dealkylation sites (tertiary alicyclic amines) is 1. The Balaban J connectivity index is 1.39. The number of hydrogen-bond donors (Lipinski definition) is 0. The van der Waals surface area contributed by atoms with Crippen molar-refractivity contribution in [3.8, 4) is 11.4 Å². The van der Waals surface area contributed by atoms with Gasteiger partial charge < -0.3 is 4.52 Å². The highest BCUT2D eigenvalue weighted by Crippen LogP contribution is 2.28.